The maximum Gasteiger partial charge on any atom is 0.377 e. The highest BCUT2D eigenvalue weighted by molar-refractivity contribution is 5.84. The summed E-state index contributed by atoms with van der Waals surface area (Å²) in [5.41, 5.74) is 0. The largest absolute Gasteiger partial charge is 0.453 e. The molecule has 0 aromatic carbocycles. The van der Waals surface area contributed by atoms with Gasteiger partial charge in [0.1, 0.15) is 6.61 Å². The number of carbonyl (C=O) groups is 2. The van der Waals surface area contributed by atoms with Crippen LogP contribution in [0.15, 0.2) is 0 Å². The molecule has 9 heteroatoms. The Labute approximate surface area is 151 Å². The standard InChI is InChI=1S/C17H26F2O7/c1-15(2)23-8-12(25-15)11(13-9-24-16(3,4)26-13)6-10(20)7-22-14(21)17(5,18)19/h11-13H,6-9H2,1-5H3. The molecule has 2 aliphatic rings. The highest BCUT2D eigenvalue weighted by atomic mass is 19.3. The predicted octanol–water partition coefficient (Wildman–Crippen LogP) is 2.06. The lowest BCUT2D eigenvalue weighted by atomic mass is 9.91. The van der Waals surface area contributed by atoms with E-state index in [-0.39, 0.29) is 19.6 Å². The number of Topliss-reactive ketones (excluding diaryl/α,β-unsaturated/α-hetero) is 1. The molecule has 2 rings (SSSR count). The second kappa shape index (κ2) is 7.46. The second-order valence-electron chi connectivity index (χ2n) is 7.61. The van der Waals surface area contributed by atoms with Crippen LogP contribution in [-0.2, 0) is 33.3 Å². The van der Waals surface area contributed by atoms with Gasteiger partial charge in [0.15, 0.2) is 17.4 Å². The second-order valence-corrected chi connectivity index (χ2v) is 7.61. The summed E-state index contributed by atoms with van der Waals surface area (Å²) in [6, 6.07) is 0. The minimum Gasteiger partial charge on any atom is -0.453 e. The number of ketones is 1. The third-order valence-corrected chi connectivity index (χ3v) is 4.20. The van der Waals surface area contributed by atoms with E-state index in [9.17, 15) is 18.4 Å². The van der Waals surface area contributed by atoms with Crippen LogP contribution in [0.25, 0.3) is 0 Å². The molecule has 0 aromatic heterocycles. The van der Waals surface area contributed by atoms with Crippen LogP contribution in [0.5, 0.6) is 0 Å². The fraction of sp³-hybridized carbons (Fsp3) is 0.882. The Morgan fingerprint density at radius 2 is 1.54 bits per heavy atom. The molecule has 2 atom stereocenters. The van der Waals surface area contributed by atoms with Crippen molar-refractivity contribution in [3.8, 4) is 0 Å². The summed E-state index contributed by atoms with van der Waals surface area (Å²) in [7, 11) is 0. The topological polar surface area (TPSA) is 80.3 Å². The first-order chi connectivity index (χ1) is 11.8. The van der Waals surface area contributed by atoms with Crippen molar-refractivity contribution in [2.45, 2.75) is 70.7 Å². The van der Waals surface area contributed by atoms with E-state index >= 15 is 0 Å². The number of hydrogen-bond acceptors (Lipinski definition) is 7. The summed E-state index contributed by atoms with van der Waals surface area (Å²) in [6.07, 6.45) is -0.934. The highest BCUT2D eigenvalue weighted by Crippen LogP contribution is 2.35. The van der Waals surface area contributed by atoms with Gasteiger partial charge in [0.05, 0.1) is 25.4 Å². The first-order valence-corrected chi connectivity index (χ1v) is 8.49. The highest BCUT2D eigenvalue weighted by Gasteiger charge is 2.46. The van der Waals surface area contributed by atoms with Gasteiger partial charge in [0.25, 0.3) is 0 Å². The molecular formula is C17H26F2O7. The van der Waals surface area contributed by atoms with Crippen molar-refractivity contribution >= 4 is 11.8 Å². The van der Waals surface area contributed by atoms with E-state index in [0.29, 0.717) is 6.92 Å². The summed E-state index contributed by atoms with van der Waals surface area (Å²) >= 11 is 0. The van der Waals surface area contributed by atoms with Crippen LogP contribution >= 0.6 is 0 Å². The molecule has 2 fully saturated rings. The Balaban J connectivity index is 2.00. The third-order valence-electron chi connectivity index (χ3n) is 4.20. The summed E-state index contributed by atoms with van der Waals surface area (Å²) < 4.78 is 52.8. The minimum atomic E-state index is -3.64. The molecule has 26 heavy (non-hydrogen) atoms. The Kier molecular flexibility index (Phi) is 6.06. The minimum absolute atomic E-state index is 0.0726. The fourth-order valence-electron chi connectivity index (χ4n) is 2.95. The van der Waals surface area contributed by atoms with Crippen LogP contribution in [0, 0.1) is 5.92 Å². The monoisotopic (exact) mass is 380 g/mol. The van der Waals surface area contributed by atoms with Gasteiger partial charge in [0.2, 0.25) is 0 Å². The van der Waals surface area contributed by atoms with Gasteiger partial charge >= 0.3 is 11.9 Å². The normalized spacial score (nSPS) is 28.7. The summed E-state index contributed by atoms with van der Waals surface area (Å²) in [5.74, 6) is -7.89. The first kappa shape index (κ1) is 21.1. The molecule has 0 amide bonds. The number of hydrogen-bond donors (Lipinski definition) is 0. The van der Waals surface area contributed by atoms with Gasteiger partial charge in [-0.2, -0.15) is 8.78 Å². The number of carbonyl (C=O) groups excluding carboxylic acids is 2. The van der Waals surface area contributed by atoms with E-state index in [1.54, 1.807) is 27.7 Å². The van der Waals surface area contributed by atoms with E-state index in [1.165, 1.54) is 0 Å². The van der Waals surface area contributed by atoms with Crippen molar-refractivity contribution in [2.24, 2.45) is 5.92 Å². The van der Waals surface area contributed by atoms with Crippen molar-refractivity contribution in [1.82, 2.24) is 0 Å². The molecule has 0 radical (unpaired) electrons. The number of esters is 1. The number of halogens is 2. The van der Waals surface area contributed by atoms with Crippen LogP contribution < -0.4 is 0 Å². The lowest BCUT2D eigenvalue weighted by Crippen LogP contribution is -2.39. The van der Waals surface area contributed by atoms with Crippen molar-refractivity contribution in [1.29, 1.82) is 0 Å². The van der Waals surface area contributed by atoms with E-state index in [0.717, 1.165) is 0 Å². The number of ether oxygens (including phenoxy) is 5. The zero-order valence-electron chi connectivity index (χ0n) is 15.7. The Morgan fingerprint density at radius 3 is 1.88 bits per heavy atom. The molecule has 0 bridgehead atoms. The lowest BCUT2D eigenvalue weighted by Gasteiger charge is -2.28. The summed E-state index contributed by atoms with van der Waals surface area (Å²) in [5, 5.41) is 0. The van der Waals surface area contributed by atoms with E-state index < -0.39 is 54.0 Å². The molecule has 0 aliphatic carbocycles. The SMILES string of the molecule is CC1(C)OCC(C(CC(=O)COC(=O)C(C)(F)F)C2COC(C)(C)O2)O1. The molecule has 150 valence electrons. The molecule has 2 heterocycles. The predicted molar refractivity (Wildman–Crippen MR) is 84.5 cm³/mol. The molecule has 0 N–H and O–H groups in total. The molecule has 2 aliphatic heterocycles. The van der Waals surface area contributed by atoms with Crippen LogP contribution in [0.3, 0.4) is 0 Å². The quantitative estimate of drug-likeness (QED) is 0.626. The van der Waals surface area contributed by atoms with Gasteiger partial charge in [0, 0.05) is 19.3 Å². The fourth-order valence-corrected chi connectivity index (χ4v) is 2.95. The van der Waals surface area contributed by atoms with Gasteiger partial charge in [-0.1, -0.05) is 0 Å². The smallest absolute Gasteiger partial charge is 0.377 e. The van der Waals surface area contributed by atoms with Crippen LogP contribution in [0.4, 0.5) is 8.78 Å². The zero-order chi connectivity index (χ0) is 19.8. The molecule has 2 saturated heterocycles. The Hall–Kier alpha value is -1.16. The average molecular weight is 380 g/mol. The van der Waals surface area contributed by atoms with E-state index in [2.05, 4.69) is 4.74 Å². The lowest BCUT2D eigenvalue weighted by molar-refractivity contribution is -0.173. The number of alkyl halides is 2. The summed E-state index contributed by atoms with van der Waals surface area (Å²) in [6.45, 7) is 7.24. The molecule has 2 unspecified atom stereocenters. The first-order valence-electron chi connectivity index (χ1n) is 8.49. The molecule has 7 nitrogen and oxygen atoms in total. The van der Waals surface area contributed by atoms with E-state index in [1.807, 2.05) is 0 Å². The zero-order valence-corrected chi connectivity index (χ0v) is 15.7. The summed E-state index contributed by atoms with van der Waals surface area (Å²) in [4.78, 5) is 23.3. The van der Waals surface area contributed by atoms with Gasteiger partial charge in [-0.25, -0.2) is 4.79 Å². The maximum atomic E-state index is 12.8. The Morgan fingerprint density at radius 1 is 1.08 bits per heavy atom. The molecule has 0 aromatic rings. The van der Waals surface area contributed by atoms with Crippen molar-refractivity contribution < 1.29 is 42.1 Å². The van der Waals surface area contributed by atoms with Crippen LogP contribution in [-0.4, -0.2) is 61.3 Å². The van der Waals surface area contributed by atoms with Crippen LogP contribution in [0.2, 0.25) is 0 Å². The van der Waals surface area contributed by atoms with Crippen LogP contribution in [0.1, 0.15) is 41.0 Å². The van der Waals surface area contributed by atoms with Gasteiger partial charge < -0.3 is 23.7 Å². The van der Waals surface area contributed by atoms with Crippen molar-refractivity contribution in [3.05, 3.63) is 0 Å². The van der Waals surface area contributed by atoms with Gasteiger partial charge in [-0.15, -0.1) is 0 Å². The van der Waals surface area contributed by atoms with E-state index in [4.69, 9.17) is 18.9 Å². The van der Waals surface area contributed by atoms with Gasteiger partial charge in [-0.3, -0.25) is 4.79 Å². The van der Waals surface area contributed by atoms with Crippen molar-refractivity contribution in [3.63, 3.8) is 0 Å². The molecule has 0 saturated carbocycles. The Bertz CT molecular complexity index is 516. The van der Waals surface area contributed by atoms with Crippen molar-refractivity contribution in [2.75, 3.05) is 19.8 Å². The molecule has 0 spiro atoms. The maximum absolute atomic E-state index is 12.8. The molecular weight excluding hydrogens is 354 g/mol. The number of rotatable bonds is 7. The average Bonchev–Trinajstić information content (AvgIpc) is 3.03. The third kappa shape index (κ3) is 5.67. The van der Waals surface area contributed by atoms with Gasteiger partial charge in [-0.05, 0) is 27.7 Å².